The molecule has 124 valence electrons. The van der Waals surface area contributed by atoms with E-state index in [0.717, 1.165) is 25.0 Å². The third-order valence-corrected chi connectivity index (χ3v) is 4.87. The van der Waals surface area contributed by atoms with E-state index in [1.165, 1.54) is 0 Å². The second-order valence-electron chi connectivity index (χ2n) is 6.39. The van der Waals surface area contributed by atoms with Gasteiger partial charge < -0.3 is 15.0 Å². The summed E-state index contributed by atoms with van der Waals surface area (Å²) in [6.45, 7) is 1.35. The van der Waals surface area contributed by atoms with Crippen molar-refractivity contribution in [3.8, 4) is 0 Å². The van der Waals surface area contributed by atoms with Crippen molar-refractivity contribution in [2.45, 2.75) is 37.8 Å². The number of carbonyl (C=O) groups is 2. The van der Waals surface area contributed by atoms with Crippen molar-refractivity contribution in [1.82, 2.24) is 10.2 Å². The van der Waals surface area contributed by atoms with Crippen LogP contribution in [0, 0.1) is 5.92 Å². The molecular weight excluding hydrogens is 292 g/mol. The average Bonchev–Trinajstić information content (AvgIpc) is 3.09. The Labute approximate surface area is 137 Å². The third-order valence-electron chi connectivity index (χ3n) is 4.87. The summed E-state index contributed by atoms with van der Waals surface area (Å²) in [4.78, 5) is 26.5. The number of likely N-dealkylation sites (tertiary alicyclic amines) is 1. The van der Waals surface area contributed by atoms with E-state index in [1.807, 2.05) is 30.3 Å². The molecule has 5 nitrogen and oxygen atoms in total. The van der Waals surface area contributed by atoms with Crippen LogP contribution < -0.4 is 5.32 Å². The lowest BCUT2D eigenvalue weighted by Crippen LogP contribution is -2.47. The first-order chi connectivity index (χ1) is 11.2. The minimum absolute atomic E-state index is 0.0219. The number of rotatable bonds is 4. The number of carbonyl (C=O) groups excluding carboxylic acids is 2. The SMILES string of the molecule is CN1C(=O)CCC(C(=O)NCC2CCCO2)C1c1ccccc1. The van der Waals surface area contributed by atoms with Gasteiger partial charge in [-0.25, -0.2) is 0 Å². The van der Waals surface area contributed by atoms with E-state index in [2.05, 4.69) is 5.32 Å². The van der Waals surface area contributed by atoms with E-state index in [1.54, 1.807) is 11.9 Å². The Bertz CT molecular complexity index is 555. The molecule has 3 rings (SSSR count). The Morgan fingerprint density at radius 1 is 1.30 bits per heavy atom. The molecule has 0 spiro atoms. The molecule has 3 atom stereocenters. The Morgan fingerprint density at radius 3 is 2.78 bits per heavy atom. The van der Waals surface area contributed by atoms with E-state index >= 15 is 0 Å². The molecule has 2 aliphatic heterocycles. The van der Waals surface area contributed by atoms with Crippen molar-refractivity contribution in [1.29, 1.82) is 0 Å². The molecule has 3 unspecified atom stereocenters. The molecule has 23 heavy (non-hydrogen) atoms. The monoisotopic (exact) mass is 316 g/mol. The van der Waals surface area contributed by atoms with Gasteiger partial charge in [0, 0.05) is 26.6 Å². The van der Waals surface area contributed by atoms with E-state index in [0.29, 0.717) is 19.4 Å². The maximum Gasteiger partial charge on any atom is 0.225 e. The van der Waals surface area contributed by atoms with Crippen LogP contribution in [0.1, 0.15) is 37.3 Å². The summed E-state index contributed by atoms with van der Waals surface area (Å²) in [6, 6.07) is 9.62. The molecule has 0 radical (unpaired) electrons. The molecule has 2 amide bonds. The Kier molecular flexibility index (Phi) is 4.96. The quantitative estimate of drug-likeness (QED) is 0.923. The van der Waals surface area contributed by atoms with Crippen LogP contribution in [0.3, 0.4) is 0 Å². The molecule has 0 saturated carbocycles. The van der Waals surface area contributed by atoms with Crippen LogP contribution in [0.5, 0.6) is 0 Å². The van der Waals surface area contributed by atoms with Gasteiger partial charge in [-0.3, -0.25) is 9.59 Å². The van der Waals surface area contributed by atoms with Crippen LogP contribution in [0.2, 0.25) is 0 Å². The summed E-state index contributed by atoms with van der Waals surface area (Å²) in [5, 5.41) is 3.03. The average molecular weight is 316 g/mol. The standard InChI is InChI=1S/C18H24N2O3/c1-20-16(21)10-9-15(17(20)13-6-3-2-4-7-13)18(22)19-12-14-8-5-11-23-14/h2-4,6-7,14-15,17H,5,8-12H2,1H3,(H,19,22). The number of benzene rings is 1. The second-order valence-corrected chi connectivity index (χ2v) is 6.39. The van der Waals surface area contributed by atoms with Crippen molar-refractivity contribution in [3.63, 3.8) is 0 Å². The van der Waals surface area contributed by atoms with Gasteiger partial charge in [-0.15, -0.1) is 0 Å². The van der Waals surface area contributed by atoms with Gasteiger partial charge in [-0.05, 0) is 24.8 Å². The lowest BCUT2D eigenvalue weighted by atomic mass is 9.84. The van der Waals surface area contributed by atoms with Gasteiger partial charge in [0.05, 0.1) is 18.1 Å². The maximum atomic E-state index is 12.7. The first-order valence-corrected chi connectivity index (χ1v) is 8.36. The van der Waals surface area contributed by atoms with E-state index < -0.39 is 0 Å². The molecule has 0 bridgehead atoms. The van der Waals surface area contributed by atoms with Crippen LogP contribution in [-0.4, -0.2) is 43.0 Å². The summed E-state index contributed by atoms with van der Waals surface area (Å²) >= 11 is 0. The highest BCUT2D eigenvalue weighted by Crippen LogP contribution is 2.35. The fraction of sp³-hybridized carbons (Fsp3) is 0.556. The number of piperidine rings is 1. The summed E-state index contributed by atoms with van der Waals surface area (Å²) in [7, 11) is 1.79. The Balaban J connectivity index is 1.72. The fourth-order valence-electron chi connectivity index (χ4n) is 3.57. The highest BCUT2D eigenvalue weighted by molar-refractivity contribution is 5.84. The van der Waals surface area contributed by atoms with E-state index in [9.17, 15) is 9.59 Å². The molecule has 1 aromatic carbocycles. The molecule has 5 heteroatoms. The molecule has 2 fully saturated rings. The largest absolute Gasteiger partial charge is 0.376 e. The van der Waals surface area contributed by atoms with E-state index in [4.69, 9.17) is 4.74 Å². The smallest absolute Gasteiger partial charge is 0.225 e. The summed E-state index contributed by atoms with van der Waals surface area (Å²) in [6.07, 6.45) is 3.23. The van der Waals surface area contributed by atoms with Gasteiger partial charge >= 0.3 is 0 Å². The fourth-order valence-corrected chi connectivity index (χ4v) is 3.57. The van der Waals surface area contributed by atoms with Crippen molar-refractivity contribution in [2.24, 2.45) is 5.92 Å². The van der Waals surface area contributed by atoms with Gasteiger partial charge in [-0.2, -0.15) is 0 Å². The minimum Gasteiger partial charge on any atom is -0.376 e. The maximum absolute atomic E-state index is 12.7. The highest BCUT2D eigenvalue weighted by Gasteiger charge is 2.38. The van der Waals surface area contributed by atoms with Crippen LogP contribution in [-0.2, 0) is 14.3 Å². The zero-order valence-electron chi connectivity index (χ0n) is 13.5. The van der Waals surface area contributed by atoms with Gasteiger partial charge in [0.2, 0.25) is 11.8 Å². The molecule has 1 N–H and O–H groups in total. The lowest BCUT2D eigenvalue weighted by Gasteiger charge is -2.38. The predicted molar refractivity (Wildman–Crippen MR) is 86.7 cm³/mol. The molecular formula is C18H24N2O3. The third kappa shape index (κ3) is 3.55. The summed E-state index contributed by atoms with van der Waals surface area (Å²) in [5.74, 6) is -0.0859. The van der Waals surface area contributed by atoms with Crippen LogP contribution in [0.25, 0.3) is 0 Å². The molecule has 2 saturated heterocycles. The highest BCUT2D eigenvalue weighted by atomic mass is 16.5. The number of hydrogen-bond acceptors (Lipinski definition) is 3. The Morgan fingerprint density at radius 2 is 2.09 bits per heavy atom. The topological polar surface area (TPSA) is 58.6 Å². The lowest BCUT2D eigenvalue weighted by molar-refractivity contribution is -0.141. The van der Waals surface area contributed by atoms with Crippen molar-refractivity contribution < 1.29 is 14.3 Å². The van der Waals surface area contributed by atoms with Crippen molar-refractivity contribution >= 4 is 11.8 Å². The number of ether oxygens (including phenoxy) is 1. The van der Waals surface area contributed by atoms with Crippen molar-refractivity contribution in [3.05, 3.63) is 35.9 Å². The van der Waals surface area contributed by atoms with Gasteiger partial charge in [0.1, 0.15) is 0 Å². The van der Waals surface area contributed by atoms with Crippen LogP contribution >= 0.6 is 0 Å². The first-order valence-electron chi connectivity index (χ1n) is 8.36. The summed E-state index contributed by atoms with van der Waals surface area (Å²) in [5.41, 5.74) is 1.01. The number of nitrogens with zero attached hydrogens (tertiary/aromatic N) is 1. The van der Waals surface area contributed by atoms with Crippen LogP contribution in [0.4, 0.5) is 0 Å². The van der Waals surface area contributed by atoms with E-state index in [-0.39, 0.29) is 29.9 Å². The molecule has 2 aliphatic rings. The number of nitrogens with one attached hydrogen (secondary N) is 1. The molecule has 0 aliphatic carbocycles. The predicted octanol–water partition coefficient (Wildman–Crippen LogP) is 1.89. The zero-order chi connectivity index (χ0) is 16.2. The minimum atomic E-state index is -0.207. The normalized spacial score (nSPS) is 28.0. The zero-order valence-corrected chi connectivity index (χ0v) is 13.5. The second kappa shape index (κ2) is 7.13. The van der Waals surface area contributed by atoms with Crippen LogP contribution in [0.15, 0.2) is 30.3 Å². The van der Waals surface area contributed by atoms with Gasteiger partial charge in [0.15, 0.2) is 0 Å². The molecule has 1 aromatic rings. The van der Waals surface area contributed by atoms with Crippen molar-refractivity contribution in [2.75, 3.05) is 20.2 Å². The van der Waals surface area contributed by atoms with Gasteiger partial charge in [-0.1, -0.05) is 30.3 Å². The molecule has 2 heterocycles. The Hall–Kier alpha value is -1.88. The summed E-state index contributed by atoms with van der Waals surface area (Å²) < 4.78 is 5.56. The van der Waals surface area contributed by atoms with Gasteiger partial charge in [0.25, 0.3) is 0 Å². The molecule has 0 aromatic heterocycles. The number of hydrogen-bond donors (Lipinski definition) is 1. The first kappa shape index (κ1) is 16.0. The number of amides is 2.